The molecule has 0 spiro atoms. The fraction of sp³-hybridized carbons (Fsp3) is 0.318. The van der Waals surface area contributed by atoms with Gasteiger partial charge in [-0.05, 0) is 36.2 Å². The number of aromatic nitrogens is 2. The summed E-state index contributed by atoms with van der Waals surface area (Å²) >= 11 is 0. The van der Waals surface area contributed by atoms with Crippen LogP contribution in [-0.2, 0) is 33.7 Å². The summed E-state index contributed by atoms with van der Waals surface area (Å²) in [5, 5.41) is 2.94. The number of esters is 1. The van der Waals surface area contributed by atoms with Gasteiger partial charge in [0, 0.05) is 13.0 Å². The molecule has 0 atom stereocenters. The van der Waals surface area contributed by atoms with Crippen LogP contribution in [0.4, 0.5) is 0 Å². The third kappa shape index (κ3) is 5.34. The maximum absolute atomic E-state index is 12.1. The van der Waals surface area contributed by atoms with E-state index in [9.17, 15) is 9.59 Å². The number of aryl methyl sites for hydroxylation is 1. The minimum atomic E-state index is -0.317. The van der Waals surface area contributed by atoms with Gasteiger partial charge in [-0.25, -0.2) is 4.98 Å². The Morgan fingerprint density at radius 2 is 1.83 bits per heavy atom. The van der Waals surface area contributed by atoms with Gasteiger partial charge in [0.15, 0.2) is 0 Å². The number of amides is 1. The van der Waals surface area contributed by atoms with E-state index in [-0.39, 0.29) is 18.4 Å². The van der Waals surface area contributed by atoms with Crippen molar-refractivity contribution in [2.24, 2.45) is 0 Å². The van der Waals surface area contributed by atoms with Crippen LogP contribution in [0, 0.1) is 0 Å². The lowest BCUT2D eigenvalue weighted by atomic mass is 10.1. The molecule has 7 nitrogen and oxygen atoms in total. The van der Waals surface area contributed by atoms with E-state index in [0.29, 0.717) is 19.4 Å². The standard InChI is InChI=1S/C22H25N3O4/c1-28-17-11-9-16(10-12-17)14-21(26)23-13-5-8-20-24-18-6-3-4-7-19(18)25(20)15-22(27)29-2/h3-4,6-7,9-12H,5,8,13-15H2,1-2H3,(H,23,26). The highest BCUT2D eigenvalue weighted by molar-refractivity contribution is 5.79. The smallest absolute Gasteiger partial charge is 0.325 e. The van der Waals surface area contributed by atoms with Crippen molar-refractivity contribution in [1.29, 1.82) is 0 Å². The molecule has 0 aliphatic carbocycles. The molecule has 0 unspecified atom stereocenters. The van der Waals surface area contributed by atoms with E-state index in [1.165, 1.54) is 7.11 Å². The minimum Gasteiger partial charge on any atom is -0.497 e. The zero-order chi connectivity index (χ0) is 20.6. The van der Waals surface area contributed by atoms with Crippen molar-refractivity contribution in [3.05, 3.63) is 59.9 Å². The molecule has 152 valence electrons. The van der Waals surface area contributed by atoms with Gasteiger partial charge in [0.25, 0.3) is 0 Å². The Labute approximate surface area is 169 Å². The molecule has 1 amide bonds. The van der Waals surface area contributed by atoms with E-state index in [4.69, 9.17) is 9.47 Å². The molecule has 0 radical (unpaired) electrons. The second-order valence-electron chi connectivity index (χ2n) is 6.66. The Balaban J connectivity index is 1.54. The number of nitrogens with one attached hydrogen (secondary N) is 1. The number of hydrogen-bond acceptors (Lipinski definition) is 5. The number of ether oxygens (including phenoxy) is 2. The van der Waals surface area contributed by atoms with Crippen LogP contribution in [0.3, 0.4) is 0 Å². The topological polar surface area (TPSA) is 82.5 Å². The van der Waals surface area contributed by atoms with E-state index in [1.54, 1.807) is 7.11 Å². The predicted octanol–water partition coefficient (Wildman–Crippen LogP) is 2.51. The van der Waals surface area contributed by atoms with Crippen molar-refractivity contribution in [2.75, 3.05) is 20.8 Å². The Morgan fingerprint density at radius 1 is 1.07 bits per heavy atom. The third-order valence-electron chi connectivity index (χ3n) is 4.67. The molecule has 0 saturated heterocycles. The van der Waals surface area contributed by atoms with Gasteiger partial charge in [0.05, 0.1) is 31.7 Å². The summed E-state index contributed by atoms with van der Waals surface area (Å²) in [5.41, 5.74) is 2.68. The zero-order valence-electron chi connectivity index (χ0n) is 16.7. The van der Waals surface area contributed by atoms with Gasteiger partial charge >= 0.3 is 5.97 Å². The third-order valence-corrected chi connectivity index (χ3v) is 4.67. The van der Waals surface area contributed by atoms with Crippen molar-refractivity contribution in [3.63, 3.8) is 0 Å². The summed E-state index contributed by atoms with van der Waals surface area (Å²) in [7, 11) is 2.99. The molecule has 0 aliphatic rings. The number of methoxy groups -OCH3 is 2. The second kappa shape index (κ2) is 9.73. The predicted molar refractivity (Wildman–Crippen MR) is 110 cm³/mol. The molecular weight excluding hydrogens is 370 g/mol. The molecule has 0 aliphatic heterocycles. The second-order valence-corrected chi connectivity index (χ2v) is 6.66. The van der Waals surface area contributed by atoms with Gasteiger partial charge in [-0.2, -0.15) is 0 Å². The van der Waals surface area contributed by atoms with Gasteiger partial charge in [-0.3, -0.25) is 9.59 Å². The largest absolute Gasteiger partial charge is 0.497 e. The molecule has 2 aromatic carbocycles. The Morgan fingerprint density at radius 3 is 2.55 bits per heavy atom. The zero-order valence-corrected chi connectivity index (χ0v) is 16.7. The summed E-state index contributed by atoms with van der Waals surface area (Å²) in [6.07, 6.45) is 1.69. The maximum Gasteiger partial charge on any atom is 0.325 e. The Kier molecular flexibility index (Phi) is 6.84. The highest BCUT2D eigenvalue weighted by atomic mass is 16.5. The normalized spacial score (nSPS) is 10.7. The van der Waals surface area contributed by atoms with E-state index in [0.717, 1.165) is 34.6 Å². The van der Waals surface area contributed by atoms with E-state index < -0.39 is 0 Å². The molecule has 0 bridgehead atoms. The average molecular weight is 395 g/mol. The van der Waals surface area contributed by atoms with Crippen LogP contribution in [0.2, 0.25) is 0 Å². The first kappa shape index (κ1) is 20.4. The highest BCUT2D eigenvalue weighted by Crippen LogP contribution is 2.17. The van der Waals surface area contributed by atoms with E-state index in [1.807, 2.05) is 53.1 Å². The number of rotatable bonds is 9. The van der Waals surface area contributed by atoms with Crippen LogP contribution in [0.1, 0.15) is 17.8 Å². The number of imidazole rings is 1. The van der Waals surface area contributed by atoms with Crippen LogP contribution in [-0.4, -0.2) is 42.2 Å². The van der Waals surface area contributed by atoms with Crippen LogP contribution in [0.15, 0.2) is 48.5 Å². The van der Waals surface area contributed by atoms with Crippen LogP contribution < -0.4 is 10.1 Å². The first-order valence-electron chi connectivity index (χ1n) is 9.51. The van der Waals surface area contributed by atoms with Crippen LogP contribution in [0.5, 0.6) is 5.75 Å². The summed E-state index contributed by atoms with van der Waals surface area (Å²) in [5.74, 6) is 1.23. The van der Waals surface area contributed by atoms with Crippen molar-refractivity contribution in [2.45, 2.75) is 25.8 Å². The molecule has 3 aromatic rings. The monoisotopic (exact) mass is 395 g/mol. The molecule has 3 rings (SSSR count). The number of fused-ring (bicyclic) bond motifs is 1. The fourth-order valence-electron chi connectivity index (χ4n) is 3.15. The lowest BCUT2D eigenvalue weighted by molar-refractivity contribution is -0.141. The summed E-state index contributed by atoms with van der Waals surface area (Å²) in [4.78, 5) is 28.5. The first-order valence-corrected chi connectivity index (χ1v) is 9.51. The summed E-state index contributed by atoms with van der Waals surface area (Å²) in [6, 6.07) is 15.1. The molecule has 1 N–H and O–H groups in total. The van der Waals surface area contributed by atoms with Crippen molar-refractivity contribution in [3.8, 4) is 5.75 Å². The average Bonchev–Trinajstić information content (AvgIpc) is 3.09. The number of hydrogen-bond donors (Lipinski definition) is 1. The number of carbonyl (C=O) groups is 2. The van der Waals surface area contributed by atoms with Gasteiger partial charge in [0.2, 0.25) is 5.91 Å². The van der Waals surface area contributed by atoms with E-state index in [2.05, 4.69) is 10.3 Å². The van der Waals surface area contributed by atoms with Gasteiger partial charge in [-0.15, -0.1) is 0 Å². The van der Waals surface area contributed by atoms with Crippen LogP contribution >= 0.6 is 0 Å². The van der Waals surface area contributed by atoms with Gasteiger partial charge < -0.3 is 19.4 Å². The molecule has 1 heterocycles. The maximum atomic E-state index is 12.1. The van der Waals surface area contributed by atoms with Crippen LogP contribution in [0.25, 0.3) is 11.0 Å². The number of carbonyl (C=O) groups excluding carboxylic acids is 2. The van der Waals surface area contributed by atoms with Crippen molar-refractivity contribution >= 4 is 22.9 Å². The SMILES string of the molecule is COC(=O)Cn1c(CCCNC(=O)Cc2ccc(OC)cc2)nc2ccccc21. The molecule has 0 saturated carbocycles. The molecular formula is C22H25N3O4. The Hall–Kier alpha value is -3.35. The summed E-state index contributed by atoms with van der Waals surface area (Å²) < 4.78 is 11.8. The molecule has 7 heteroatoms. The van der Waals surface area contributed by atoms with Gasteiger partial charge in [-0.1, -0.05) is 24.3 Å². The lowest BCUT2D eigenvalue weighted by Crippen LogP contribution is -2.26. The van der Waals surface area contributed by atoms with Gasteiger partial charge in [0.1, 0.15) is 18.1 Å². The number of nitrogens with zero attached hydrogens (tertiary/aromatic N) is 2. The minimum absolute atomic E-state index is 0.0294. The molecule has 1 aromatic heterocycles. The number of benzene rings is 2. The first-order chi connectivity index (χ1) is 14.1. The molecule has 29 heavy (non-hydrogen) atoms. The van der Waals surface area contributed by atoms with Crippen molar-refractivity contribution in [1.82, 2.24) is 14.9 Å². The summed E-state index contributed by atoms with van der Waals surface area (Å²) in [6.45, 7) is 0.659. The quantitative estimate of drug-likeness (QED) is 0.445. The molecule has 0 fully saturated rings. The highest BCUT2D eigenvalue weighted by Gasteiger charge is 2.13. The van der Waals surface area contributed by atoms with Crippen molar-refractivity contribution < 1.29 is 19.1 Å². The fourth-order valence-corrected chi connectivity index (χ4v) is 3.15. The number of para-hydroxylation sites is 2. The Bertz CT molecular complexity index is 979. The lowest BCUT2D eigenvalue weighted by Gasteiger charge is -2.09. The van der Waals surface area contributed by atoms with E-state index >= 15 is 0 Å².